The third-order valence-electron chi connectivity index (χ3n) is 3.96. The molecule has 0 aliphatic heterocycles. The van der Waals surface area contributed by atoms with Crippen LogP contribution < -0.4 is 14.8 Å². The van der Waals surface area contributed by atoms with E-state index in [-0.39, 0.29) is 0 Å². The van der Waals surface area contributed by atoms with E-state index in [1.165, 1.54) is 25.7 Å². The summed E-state index contributed by atoms with van der Waals surface area (Å²) in [5, 5.41) is 4.10. The first-order valence-electron chi connectivity index (χ1n) is 7.82. The number of halogens is 1. The molecule has 0 atom stereocenters. The molecule has 1 aromatic rings. The molecule has 1 aromatic carbocycles. The predicted octanol–water partition coefficient (Wildman–Crippen LogP) is 4.42. The maximum atomic E-state index is 6.18. The van der Waals surface area contributed by atoms with Crippen molar-refractivity contribution in [2.24, 2.45) is 5.92 Å². The Morgan fingerprint density at radius 2 is 2.00 bits per heavy atom. The van der Waals surface area contributed by atoms with E-state index in [2.05, 4.69) is 19.2 Å². The molecule has 0 saturated heterocycles. The first-order chi connectivity index (χ1) is 10.1. The van der Waals surface area contributed by atoms with E-state index >= 15 is 0 Å². The van der Waals surface area contributed by atoms with Crippen LogP contribution >= 0.6 is 11.6 Å². The van der Waals surface area contributed by atoms with E-state index in [1.807, 2.05) is 12.1 Å². The standard InChI is InChI=1S/C17H26ClNO2/c1-12(2)19-10-14-8-15(18)9-16(20-3)17(14)21-11-13-6-4-5-7-13/h8-9,12-13,19H,4-7,10-11H2,1-3H3. The third-order valence-corrected chi connectivity index (χ3v) is 4.17. The molecule has 0 aromatic heterocycles. The van der Waals surface area contributed by atoms with Crippen molar-refractivity contribution in [3.8, 4) is 11.5 Å². The van der Waals surface area contributed by atoms with Crippen molar-refractivity contribution in [3.63, 3.8) is 0 Å². The van der Waals surface area contributed by atoms with Gasteiger partial charge in [-0.05, 0) is 24.8 Å². The van der Waals surface area contributed by atoms with Gasteiger partial charge in [0, 0.05) is 29.2 Å². The van der Waals surface area contributed by atoms with Crippen LogP contribution in [0.15, 0.2) is 12.1 Å². The molecule has 118 valence electrons. The SMILES string of the molecule is COc1cc(Cl)cc(CNC(C)C)c1OCC1CCCC1. The molecule has 4 heteroatoms. The van der Waals surface area contributed by atoms with Gasteiger partial charge in [-0.25, -0.2) is 0 Å². The van der Waals surface area contributed by atoms with Gasteiger partial charge in [-0.1, -0.05) is 38.3 Å². The van der Waals surface area contributed by atoms with Gasteiger partial charge in [0.15, 0.2) is 11.5 Å². The molecule has 21 heavy (non-hydrogen) atoms. The zero-order valence-electron chi connectivity index (χ0n) is 13.2. The number of rotatable bonds is 7. The maximum Gasteiger partial charge on any atom is 0.165 e. The van der Waals surface area contributed by atoms with E-state index in [1.54, 1.807) is 7.11 Å². The second-order valence-corrected chi connectivity index (χ2v) is 6.53. The van der Waals surface area contributed by atoms with Gasteiger partial charge in [-0.15, -0.1) is 0 Å². The Kier molecular flexibility index (Phi) is 6.19. The molecular weight excluding hydrogens is 286 g/mol. The van der Waals surface area contributed by atoms with Crippen LogP contribution in [0.3, 0.4) is 0 Å². The summed E-state index contributed by atoms with van der Waals surface area (Å²) in [5.41, 5.74) is 1.06. The highest BCUT2D eigenvalue weighted by Crippen LogP contribution is 2.36. The molecule has 0 spiro atoms. The van der Waals surface area contributed by atoms with Crippen molar-refractivity contribution in [3.05, 3.63) is 22.7 Å². The minimum atomic E-state index is 0.414. The Morgan fingerprint density at radius 1 is 1.29 bits per heavy atom. The van der Waals surface area contributed by atoms with Crippen molar-refractivity contribution in [1.82, 2.24) is 5.32 Å². The fourth-order valence-corrected chi connectivity index (χ4v) is 2.99. The summed E-state index contributed by atoms with van der Waals surface area (Å²) in [4.78, 5) is 0. The monoisotopic (exact) mass is 311 g/mol. The predicted molar refractivity (Wildman–Crippen MR) is 87.4 cm³/mol. The lowest BCUT2D eigenvalue weighted by Crippen LogP contribution is -2.22. The minimum Gasteiger partial charge on any atom is -0.493 e. The van der Waals surface area contributed by atoms with Crippen molar-refractivity contribution < 1.29 is 9.47 Å². The molecule has 0 bridgehead atoms. The van der Waals surface area contributed by atoms with Crippen LogP contribution in [0, 0.1) is 5.92 Å². The zero-order chi connectivity index (χ0) is 15.2. The van der Waals surface area contributed by atoms with Gasteiger partial charge < -0.3 is 14.8 Å². The number of nitrogens with one attached hydrogen (secondary N) is 1. The fourth-order valence-electron chi connectivity index (χ4n) is 2.76. The molecule has 1 fully saturated rings. The smallest absolute Gasteiger partial charge is 0.165 e. The molecule has 3 nitrogen and oxygen atoms in total. The summed E-state index contributed by atoms with van der Waals surface area (Å²) in [6.45, 7) is 5.75. The average Bonchev–Trinajstić information content (AvgIpc) is 2.96. The highest BCUT2D eigenvalue weighted by Gasteiger charge is 2.19. The summed E-state index contributed by atoms with van der Waals surface area (Å²) >= 11 is 6.18. The lowest BCUT2D eigenvalue weighted by atomic mass is 10.1. The first kappa shape index (κ1) is 16.4. The van der Waals surface area contributed by atoms with Crippen LogP contribution in [0.4, 0.5) is 0 Å². The topological polar surface area (TPSA) is 30.5 Å². The number of benzene rings is 1. The van der Waals surface area contributed by atoms with Crippen LogP contribution in [-0.2, 0) is 6.54 Å². The summed E-state index contributed by atoms with van der Waals surface area (Å²) in [6.07, 6.45) is 5.20. The van der Waals surface area contributed by atoms with Crippen molar-refractivity contribution in [1.29, 1.82) is 0 Å². The Bertz CT molecular complexity index is 456. The fraction of sp³-hybridized carbons (Fsp3) is 0.647. The van der Waals surface area contributed by atoms with Crippen molar-refractivity contribution >= 4 is 11.6 Å². The van der Waals surface area contributed by atoms with E-state index < -0.39 is 0 Å². The normalized spacial score (nSPS) is 15.7. The maximum absolute atomic E-state index is 6.18. The van der Waals surface area contributed by atoms with E-state index in [9.17, 15) is 0 Å². The van der Waals surface area contributed by atoms with Crippen LogP contribution in [0.1, 0.15) is 45.1 Å². The van der Waals surface area contributed by atoms with Crippen molar-refractivity contribution in [2.45, 2.75) is 52.1 Å². The third kappa shape index (κ3) is 4.79. The Hall–Kier alpha value is -0.930. The van der Waals surface area contributed by atoms with Gasteiger partial charge in [0.1, 0.15) is 0 Å². The molecule has 0 amide bonds. The van der Waals surface area contributed by atoms with Crippen LogP contribution in [0.5, 0.6) is 11.5 Å². The second-order valence-electron chi connectivity index (χ2n) is 6.09. The van der Waals surface area contributed by atoms with Gasteiger partial charge >= 0.3 is 0 Å². The summed E-state index contributed by atoms with van der Waals surface area (Å²) < 4.78 is 11.6. The van der Waals surface area contributed by atoms with E-state index in [0.29, 0.717) is 17.0 Å². The lowest BCUT2D eigenvalue weighted by Gasteiger charge is -2.19. The number of methoxy groups -OCH3 is 1. The summed E-state index contributed by atoms with van der Waals surface area (Å²) in [5.74, 6) is 2.24. The quantitative estimate of drug-likeness (QED) is 0.808. The van der Waals surface area contributed by atoms with Gasteiger partial charge in [-0.2, -0.15) is 0 Å². The molecule has 1 aliphatic carbocycles. The second kappa shape index (κ2) is 7.90. The average molecular weight is 312 g/mol. The largest absolute Gasteiger partial charge is 0.493 e. The molecule has 1 aliphatic rings. The minimum absolute atomic E-state index is 0.414. The Balaban J connectivity index is 2.13. The van der Waals surface area contributed by atoms with Crippen LogP contribution in [0.25, 0.3) is 0 Å². The van der Waals surface area contributed by atoms with Crippen LogP contribution in [-0.4, -0.2) is 19.8 Å². The van der Waals surface area contributed by atoms with E-state index in [4.69, 9.17) is 21.1 Å². The van der Waals surface area contributed by atoms with Crippen molar-refractivity contribution in [2.75, 3.05) is 13.7 Å². The molecule has 0 radical (unpaired) electrons. The van der Waals surface area contributed by atoms with Gasteiger partial charge in [0.2, 0.25) is 0 Å². The van der Waals surface area contributed by atoms with Gasteiger partial charge in [0.25, 0.3) is 0 Å². The number of hydrogen-bond acceptors (Lipinski definition) is 3. The molecule has 1 saturated carbocycles. The molecule has 0 unspecified atom stereocenters. The highest BCUT2D eigenvalue weighted by molar-refractivity contribution is 6.30. The number of hydrogen-bond donors (Lipinski definition) is 1. The Labute approximate surface area is 133 Å². The molecule has 1 N–H and O–H groups in total. The number of ether oxygens (including phenoxy) is 2. The zero-order valence-corrected chi connectivity index (χ0v) is 14.0. The first-order valence-corrected chi connectivity index (χ1v) is 8.20. The molecule has 2 rings (SSSR count). The highest BCUT2D eigenvalue weighted by atomic mass is 35.5. The summed E-state index contributed by atoms with van der Waals surface area (Å²) in [6, 6.07) is 4.20. The Morgan fingerprint density at radius 3 is 2.62 bits per heavy atom. The van der Waals surface area contributed by atoms with E-state index in [0.717, 1.165) is 30.2 Å². The van der Waals surface area contributed by atoms with Gasteiger partial charge in [0.05, 0.1) is 13.7 Å². The molecular formula is C17H26ClNO2. The van der Waals surface area contributed by atoms with Gasteiger partial charge in [-0.3, -0.25) is 0 Å². The lowest BCUT2D eigenvalue weighted by molar-refractivity contribution is 0.238. The van der Waals surface area contributed by atoms with Crippen LogP contribution in [0.2, 0.25) is 5.02 Å². The summed E-state index contributed by atoms with van der Waals surface area (Å²) in [7, 11) is 1.66. The molecule has 0 heterocycles.